The lowest BCUT2D eigenvalue weighted by Crippen LogP contribution is -2.45. The lowest BCUT2D eigenvalue weighted by atomic mass is 10.1. The van der Waals surface area contributed by atoms with Crippen LogP contribution in [0.3, 0.4) is 0 Å². The molecule has 0 fully saturated rings. The third kappa shape index (κ3) is 3.83. The summed E-state index contributed by atoms with van der Waals surface area (Å²) in [6.07, 6.45) is -10.3. The molecule has 1 aromatic heterocycles. The van der Waals surface area contributed by atoms with Crippen LogP contribution in [0.5, 0.6) is 0 Å². The van der Waals surface area contributed by atoms with E-state index in [9.17, 15) is 31.1 Å². The van der Waals surface area contributed by atoms with Crippen molar-refractivity contribution in [2.75, 3.05) is 5.32 Å². The highest BCUT2D eigenvalue weighted by molar-refractivity contribution is 9.11. The lowest BCUT2D eigenvalue weighted by molar-refractivity contribution is -0.272. The fourth-order valence-electron chi connectivity index (χ4n) is 0.973. The summed E-state index contributed by atoms with van der Waals surface area (Å²) in [5, 5.41) is 1.12. The minimum Gasteiger partial charge on any atom is -0.301 e. The number of nitrogens with one attached hydrogen (secondary N) is 1. The van der Waals surface area contributed by atoms with Gasteiger partial charge in [0.25, 0.3) is 0 Å². The van der Waals surface area contributed by atoms with Crippen LogP contribution in [0, 0.1) is 5.92 Å². The van der Waals surface area contributed by atoms with Gasteiger partial charge in [-0.05, 0) is 15.9 Å². The zero-order valence-electron chi connectivity index (χ0n) is 8.06. The van der Waals surface area contributed by atoms with Gasteiger partial charge in [0.1, 0.15) is 0 Å². The number of aromatic nitrogens is 1. The minimum absolute atomic E-state index is 0.355. The van der Waals surface area contributed by atoms with E-state index < -0.39 is 24.2 Å². The Morgan fingerprint density at radius 3 is 2.11 bits per heavy atom. The van der Waals surface area contributed by atoms with Gasteiger partial charge in [0.05, 0.1) is 9.98 Å². The summed E-state index contributed by atoms with van der Waals surface area (Å²) < 4.78 is 73.4. The molecule has 0 aliphatic heterocycles. The molecule has 0 aliphatic carbocycles. The summed E-state index contributed by atoms with van der Waals surface area (Å²) in [5.41, 5.74) is 0. The van der Waals surface area contributed by atoms with Crippen molar-refractivity contribution < 1.29 is 31.1 Å². The second-order valence-corrected chi connectivity index (χ2v) is 5.38. The van der Waals surface area contributed by atoms with E-state index in [4.69, 9.17) is 0 Å². The Morgan fingerprint density at radius 1 is 1.28 bits per heavy atom. The van der Waals surface area contributed by atoms with Crippen molar-refractivity contribution in [3.8, 4) is 0 Å². The smallest absolute Gasteiger partial charge is 0.301 e. The predicted molar refractivity (Wildman–Crippen MR) is 54.0 cm³/mol. The summed E-state index contributed by atoms with van der Waals surface area (Å²) in [6.45, 7) is 0. The summed E-state index contributed by atoms with van der Waals surface area (Å²) in [4.78, 5) is 14.4. The number of halogens is 7. The Bertz CT molecular complexity index is 428. The van der Waals surface area contributed by atoms with Gasteiger partial charge in [0.2, 0.25) is 11.8 Å². The van der Waals surface area contributed by atoms with Crippen molar-refractivity contribution in [2.24, 2.45) is 5.92 Å². The third-order valence-electron chi connectivity index (χ3n) is 1.62. The van der Waals surface area contributed by atoms with Gasteiger partial charge in [-0.2, -0.15) is 26.3 Å². The first kappa shape index (κ1) is 15.2. The average Bonchev–Trinajstić information content (AvgIpc) is 2.44. The Balaban J connectivity index is 2.91. The van der Waals surface area contributed by atoms with Crippen molar-refractivity contribution in [3.63, 3.8) is 0 Å². The van der Waals surface area contributed by atoms with Crippen LogP contribution in [0.2, 0.25) is 0 Å². The molecule has 0 unspecified atom stereocenters. The summed E-state index contributed by atoms with van der Waals surface area (Å²) in [5.74, 6) is -6.29. The van der Waals surface area contributed by atoms with E-state index in [1.807, 2.05) is 0 Å². The Kier molecular flexibility index (Phi) is 4.26. The summed E-state index contributed by atoms with van der Waals surface area (Å²) in [6, 6.07) is 0. The van der Waals surface area contributed by atoms with Gasteiger partial charge < -0.3 is 5.32 Å². The molecule has 1 heterocycles. The van der Waals surface area contributed by atoms with Crippen molar-refractivity contribution in [1.29, 1.82) is 0 Å². The molecule has 1 rings (SSSR count). The largest absolute Gasteiger partial charge is 0.409 e. The molecule has 0 spiro atoms. The van der Waals surface area contributed by atoms with Gasteiger partial charge in [0, 0.05) is 0 Å². The van der Waals surface area contributed by atoms with E-state index in [-0.39, 0.29) is 5.13 Å². The first-order valence-corrected chi connectivity index (χ1v) is 5.68. The summed E-state index contributed by atoms with van der Waals surface area (Å²) >= 11 is 3.59. The monoisotopic (exact) mass is 356 g/mol. The standard InChI is InChI=1S/C7H3BrF6N2OS/c8-2-1-15-5(18-2)16-4(17)3(6(9,10)11)7(12,13)14/h1,3H,(H,15,16,17). The molecular weight excluding hydrogens is 354 g/mol. The van der Waals surface area contributed by atoms with Crippen molar-refractivity contribution in [3.05, 3.63) is 9.98 Å². The topological polar surface area (TPSA) is 42.0 Å². The normalized spacial score (nSPS) is 12.9. The molecule has 3 nitrogen and oxygen atoms in total. The number of thiazole rings is 1. The number of carbonyl (C=O) groups excluding carboxylic acids is 1. The number of amides is 1. The maximum absolute atomic E-state index is 12.2. The van der Waals surface area contributed by atoms with Crippen molar-refractivity contribution in [2.45, 2.75) is 12.4 Å². The molecule has 0 aromatic carbocycles. The molecule has 0 atom stereocenters. The van der Waals surface area contributed by atoms with Crippen LogP contribution in [0.4, 0.5) is 31.5 Å². The molecule has 0 aliphatic rings. The molecule has 1 aromatic rings. The fourth-order valence-corrected chi connectivity index (χ4v) is 2.08. The lowest BCUT2D eigenvalue weighted by Gasteiger charge is -2.21. The van der Waals surface area contributed by atoms with Crippen LogP contribution in [-0.4, -0.2) is 23.2 Å². The van der Waals surface area contributed by atoms with Crippen LogP contribution >= 0.6 is 27.3 Å². The molecule has 1 amide bonds. The Hall–Kier alpha value is -0.840. The average molecular weight is 357 g/mol. The highest BCUT2D eigenvalue weighted by Crippen LogP contribution is 2.40. The quantitative estimate of drug-likeness (QED) is 0.823. The maximum Gasteiger partial charge on any atom is 0.409 e. The molecule has 0 radical (unpaired) electrons. The number of nitrogens with zero attached hydrogens (tertiary/aromatic N) is 1. The first-order chi connectivity index (χ1) is 8.01. The van der Waals surface area contributed by atoms with E-state index in [1.54, 1.807) is 0 Å². The van der Waals surface area contributed by atoms with E-state index in [0.29, 0.717) is 15.1 Å². The van der Waals surface area contributed by atoms with Gasteiger partial charge in [-0.15, -0.1) is 0 Å². The summed E-state index contributed by atoms with van der Waals surface area (Å²) in [7, 11) is 0. The zero-order chi connectivity index (χ0) is 14.1. The van der Waals surface area contributed by atoms with Crippen LogP contribution < -0.4 is 5.32 Å². The third-order valence-corrected chi connectivity index (χ3v) is 3.02. The SMILES string of the molecule is O=C(Nc1ncc(Br)s1)C(C(F)(F)F)C(F)(F)F. The Labute approximate surface area is 108 Å². The number of anilines is 1. The van der Waals surface area contributed by atoms with Crippen molar-refractivity contribution in [1.82, 2.24) is 4.98 Å². The molecule has 0 saturated carbocycles. The second kappa shape index (κ2) is 5.03. The molecule has 11 heteroatoms. The highest BCUT2D eigenvalue weighted by Gasteiger charge is 2.61. The van der Waals surface area contributed by atoms with Gasteiger partial charge >= 0.3 is 12.4 Å². The van der Waals surface area contributed by atoms with Crippen molar-refractivity contribution >= 4 is 38.3 Å². The maximum atomic E-state index is 12.2. The van der Waals surface area contributed by atoms with E-state index in [2.05, 4.69) is 20.9 Å². The van der Waals surface area contributed by atoms with Crippen LogP contribution in [0.25, 0.3) is 0 Å². The highest BCUT2D eigenvalue weighted by atomic mass is 79.9. The molecule has 0 bridgehead atoms. The second-order valence-electron chi connectivity index (χ2n) is 2.98. The van der Waals surface area contributed by atoms with Crippen LogP contribution in [-0.2, 0) is 4.79 Å². The number of rotatable bonds is 2. The van der Waals surface area contributed by atoms with E-state index >= 15 is 0 Å². The Morgan fingerprint density at radius 2 is 1.78 bits per heavy atom. The van der Waals surface area contributed by atoms with Gasteiger partial charge in [-0.1, -0.05) is 11.3 Å². The van der Waals surface area contributed by atoms with Crippen LogP contribution in [0.1, 0.15) is 0 Å². The molecular formula is C7H3BrF6N2OS. The molecule has 18 heavy (non-hydrogen) atoms. The van der Waals surface area contributed by atoms with E-state index in [1.165, 1.54) is 5.32 Å². The predicted octanol–water partition coefficient (Wildman–Crippen LogP) is 3.58. The zero-order valence-corrected chi connectivity index (χ0v) is 10.5. The molecule has 0 saturated heterocycles. The number of hydrogen-bond acceptors (Lipinski definition) is 3. The van der Waals surface area contributed by atoms with Gasteiger partial charge in [-0.3, -0.25) is 4.79 Å². The minimum atomic E-state index is -5.71. The number of carbonyl (C=O) groups is 1. The first-order valence-electron chi connectivity index (χ1n) is 4.07. The molecule has 102 valence electrons. The van der Waals surface area contributed by atoms with Gasteiger partial charge in [0.15, 0.2) is 5.13 Å². The van der Waals surface area contributed by atoms with Crippen LogP contribution in [0.15, 0.2) is 9.98 Å². The number of alkyl halides is 6. The van der Waals surface area contributed by atoms with Gasteiger partial charge in [-0.25, -0.2) is 4.98 Å². The number of hydrogen-bond donors (Lipinski definition) is 1. The van der Waals surface area contributed by atoms with E-state index in [0.717, 1.165) is 6.20 Å². The molecule has 1 N–H and O–H groups in total. The fraction of sp³-hybridized carbons (Fsp3) is 0.429.